The van der Waals surface area contributed by atoms with Gasteiger partial charge in [0.2, 0.25) is 0 Å². The minimum Gasteiger partial charge on any atom is -0.488 e. The highest BCUT2D eigenvalue weighted by atomic mass is 16.5. The van der Waals surface area contributed by atoms with E-state index < -0.39 is 0 Å². The molecule has 0 N–H and O–H groups in total. The molecule has 2 rings (SSSR count). The lowest BCUT2D eigenvalue weighted by Gasteiger charge is -2.24. The predicted octanol–water partition coefficient (Wildman–Crippen LogP) is 4.77. The fraction of sp³-hybridized carbons (Fsp3) is 0.316. The van der Waals surface area contributed by atoms with Crippen molar-refractivity contribution in [1.29, 1.82) is 0 Å². The predicted molar refractivity (Wildman–Crippen MR) is 85.9 cm³/mol. The molecule has 0 atom stereocenters. The van der Waals surface area contributed by atoms with Crippen LogP contribution in [0.15, 0.2) is 48.5 Å². The zero-order chi connectivity index (χ0) is 15.5. The van der Waals surface area contributed by atoms with Gasteiger partial charge >= 0.3 is 0 Å². The highest BCUT2D eigenvalue weighted by molar-refractivity contribution is 5.97. The standard InChI is InChI=1S/C19H22O2/c1-14(20)16-11-8-12-17(19(2,3)4)18(16)21-13-15-9-6-5-7-10-15/h5-12H,13H2,1-4H3. The van der Waals surface area contributed by atoms with E-state index in [1.807, 2.05) is 48.5 Å². The third-order valence-electron chi connectivity index (χ3n) is 3.43. The molecule has 2 nitrogen and oxygen atoms in total. The van der Waals surface area contributed by atoms with Crippen LogP contribution in [0.4, 0.5) is 0 Å². The summed E-state index contributed by atoms with van der Waals surface area (Å²) in [4.78, 5) is 11.9. The van der Waals surface area contributed by atoms with Crippen LogP contribution in [0.5, 0.6) is 5.75 Å². The van der Waals surface area contributed by atoms with Crippen LogP contribution in [0.25, 0.3) is 0 Å². The molecule has 21 heavy (non-hydrogen) atoms. The number of Topliss-reactive ketones (excluding diaryl/α,β-unsaturated/α-hetero) is 1. The molecule has 0 fully saturated rings. The molecule has 0 saturated heterocycles. The number of carbonyl (C=O) groups is 1. The van der Waals surface area contributed by atoms with Gasteiger partial charge in [-0.05, 0) is 24.0 Å². The van der Waals surface area contributed by atoms with E-state index in [0.717, 1.165) is 11.1 Å². The third-order valence-corrected chi connectivity index (χ3v) is 3.43. The largest absolute Gasteiger partial charge is 0.488 e. The van der Waals surface area contributed by atoms with Crippen LogP contribution < -0.4 is 4.74 Å². The molecule has 2 heteroatoms. The Hall–Kier alpha value is -2.09. The lowest BCUT2D eigenvalue weighted by Crippen LogP contribution is -2.15. The number of benzene rings is 2. The number of hydrogen-bond donors (Lipinski definition) is 0. The summed E-state index contributed by atoms with van der Waals surface area (Å²) in [5.74, 6) is 0.741. The highest BCUT2D eigenvalue weighted by Gasteiger charge is 2.22. The highest BCUT2D eigenvalue weighted by Crippen LogP contribution is 2.34. The molecule has 0 amide bonds. The van der Waals surface area contributed by atoms with Crippen molar-refractivity contribution < 1.29 is 9.53 Å². The minimum absolute atomic E-state index is 0.0316. The number of ether oxygens (including phenoxy) is 1. The molecule has 0 aliphatic heterocycles. The second kappa shape index (κ2) is 6.13. The summed E-state index contributed by atoms with van der Waals surface area (Å²) in [6, 6.07) is 15.8. The van der Waals surface area contributed by atoms with Crippen LogP contribution in [0, 0.1) is 0 Å². The Labute approximate surface area is 126 Å². The van der Waals surface area contributed by atoms with Gasteiger partial charge in [-0.25, -0.2) is 0 Å². The van der Waals surface area contributed by atoms with Crippen LogP contribution >= 0.6 is 0 Å². The maximum absolute atomic E-state index is 11.9. The maximum atomic E-state index is 11.9. The van der Waals surface area contributed by atoms with E-state index in [0.29, 0.717) is 17.9 Å². The van der Waals surface area contributed by atoms with E-state index in [1.54, 1.807) is 6.92 Å². The number of hydrogen-bond acceptors (Lipinski definition) is 2. The van der Waals surface area contributed by atoms with Gasteiger partial charge in [0.05, 0.1) is 5.56 Å². The van der Waals surface area contributed by atoms with Gasteiger partial charge in [-0.3, -0.25) is 4.79 Å². The molecular weight excluding hydrogens is 260 g/mol. The summed E-state index contributed by atoms with van der Waals surface area (Å²) in [6.07, 6.45) is 0. The van der Waals surface area contributed by atoms with Gasteiger partial charge in [-0.15, -0.1) is 0 Å². The average molecular weight is 282 g/mol. The van der Waals surface area contributed by atoms with Crippen molar-refractivity contribution in [3.8, 4) is 5.75 Å². The molecule has 0 aromatic heterocycles. The summed E-state index contributed by atoms with van der Waals surface area (Å²) in [5.41, 5.74) is 2.73. The second-order valence-corrected chi connectivity index (χ2v) is 6.26. The zero-order valence-electron chi connectivity index (χ0n) is 13.1. The first-order valence-corrected chi connectivity index (χ1v) is 7.21. The smallest absolute Gasteiger partial charge is 0.163 e. The summed E-state index contributed by atoms with van der Waals surface area (Å²) in [7, 11) is 0. The molecule has 2 aromatic rings. The summed E-state index contributed by atoms with van der Waals surface area (Å²) in [5, 5.41) is 0. The molecule has 0 bridgehead atoms. The quantitative estimate of drug-likeness (QED) is 0.755. The number of para-hydroxylation sites is 1. The first-order valence-electron chi connectivity index (χ1n) is 7.21. The molecular formula is C19H22O2. The normalized spacial score (nSPS) is 11.2. The number of rotatable bonds is 4. The molecule has 0 aliphatic rings. The first kappa shape index (κ1) is 15.3. The van der Waals surface area contributed by atoms with Gasteiger partial charge in [0.25, 0.3) is 0 Å². The Morgan fingerprint density at radius 2 is 1.67 bits per heavy atom. The average Bonchev–Trinajstić information content (AvgIpc) is 2.44. The van der Waals surface area contributed by atoms with E-state index in [-0.39, 0.29) is 11.2 Å². The topological polar surface area (TPSA) is 26.3 Å². The van der Waals surface area contributed by atoms with Crippen LogP contribution in [0.2, 0.25) is 0 Å². The van der Waals surface area contributed by atoms with Gasteiger partial charge in [-0.1, -0.05) is 63.2 Å². The maximum Gasteiger partial charge on any atom is 0.163 e. The van der Waals surface area contributed by atoms with Gasteiger partial charge in [0, 0.05) is 5.56 Å². The molecule has 110 valence electrons. The minimum atomic E-state index is -0.0719. The fourth-order valence-corrected chi connectivity index (χ4v) is 2.29. The van der Waals surface area contributed by atoms with E-state index >= 15 is 0 Å². The van der Waals surface area contributed by atoms with Crippen molar-refractivity contribution in [3.63, 3.8) is 0 Å². The molecule has 0 heterocycles. The molecule has 0 aliphatic carbocycles. The lowest BCUT2D eigenvalue weighted by molar-refractivity contribution is 0.101. The van der Waals surface area contributed by atoms with Crippen LogP contribution in [-0.2, 0) is 12.0 Å². The van der Waals surface area contributed by atoms with Crippen molar-refractivity contribution >= 4 is 5.78 Å². The van der Waals surface area contributed by atoms with E-state index in [9.17, 15) is 4.79 Å². The Morgan fingerprint density at radius 3 is 2.24 bits per heavy atom. The Kier molecular flexibility index (Phi) is 4.46. The van der Waals surface area contributed by atoms with Gasteiger partial charge in [0.1, 0.15) is 12.4 Å². The monoisotopic (exact) mass is 282 g/mol. The van der Waals surface area contributed by atoms with Crippen molar-refractivity contribution in [2.75, 3.05) is 0 Å². The number of ketones is 1. The molecule has 2 aromatic carbocycles. The van der Waals surface area contributed by atoms with Crippen molar-refractivity contribution in [1.82, 2.24) is 0 Å². The third kappa shape index (κ3) is 3.72. The Bertz CT molecular complexity index is 622. The van der Waals surface area contributed by atoms with Crippen molar-refractivity contribution in [2.24, 2.45) is 0 Å². The van der Waals surface area contributed by atoms with E-state index in [1.165, 1.54) is 0 Å². The van der Waals surface area contributed by atoms with E-state index in [4.69, 9.17) is 4.74 Å². The van der Waals surface area contributed by atoms with Crippen LogP contribution in [0.1, 0.15) is 49.2 Å². The molecule has 0 radical (unpaired) electrons. The Morgan fingerprint density at radius 1 is 1.00 bits per heavy atom. The van der Waals surface area contributed by atoms with Crippen molar-refractivity contribution in [3.05, 3.63) is 65.2 Å². The fourth-order valence-electron chi connectivity index (χ4n) is 2.29. The number of carbonyl (C=O) groups excluding carboxylic acids is 1. The first-order chi connectivity index (χ1) is 9.89. The molecule has 0 spiro atoms. The SMILES string of the molecule is CC(=O)c1cccc(C(C)(C)C)c1OCc1ccccc1. The van der Waals surface area contributed by atoms with Gasteiger partial charge in [0.15, 0.2) is 5.78 Å². The molecule has 0 saturated carbocycles. The van der Waals surface area contributed by atoms with E-state index in [2.05, 4.69) is 20.8 Å². The molecule has 0 unspecified atom stereocenters. The van der Waals surface area contributed by atoms with Crippen LogP contribution in [-0.4, -0.2) is 5.78 Å². The van der Waals surface area contributed by atoms with Gasteiger partial charge in [-0.2, -0.15) is 0 Å². The van der Waals surface area contributed by atoms with Gasteiger partial charge < -0.3 is 4.74 Å². The second-order valence-electron chi connectivity index (χ2n) is 6.26. The summed E-state index contributed by atoms with van der Waals surface area (Å²) >= 11 is 0. The summed E-state index contributed by atoms with van der Waals surface area (Å²) in [6.45, 7) is 8.43. The lowest BCUT2D eigenvalue weighted by atomic mass is 9.85. The zero-order valence-corrected chi connectivity index (χ0v) is 13.1. The Balaban J connectivity index is 2.37. The summed E-state index contributed by atoms with van der Waals surface area (Å²) < 4.78 is 6.02. The van der Waals surface area contributed by atoms with Crippen LogP contribution in [0.3, 0.4) is 0 Å². The van der Waals surface area contributed by atoms with Crippen molar-refractivity contribution in [2.45, 2.75) is 39.7 Å².